The van der Waals surface area contributed by atoms with Gasteiger partial charge in [-0.1, -0.05) is 5.16 Å². The molecule has 1 aliphatic heterocycles. The van der Waals surface area contributed by atoms with Crippen molar-refractivity contribution in [2.45, 2.75) is 12.0 Å². The monoisotopic (exact) mass is 280 g/mol. The molecule has 2 unspecified atom stereocenters. The second-order valence-electron chi connectivity index (χ2n) is 4.13. The zero-order chi connectivity index (χ0) is 13.2. The molecule has 2 atom stereocenters. The first-order valence-electron chi connectivity index (χ1n) is 5.75. The quantitative estimate of drug-likeness (QED) is 0.879. The van der Waals surface area contributed by atoms with E-state index in [4.69, 9.17) is 9.26 Å². The standard InChI is InChI=1S/C11H12N4O3S/c1-17-9-3-2-7(13-14-9)10-12-11(18-15-10)6-4-19-5-8(6)16/h2-3,6,8,16H,4-5H2,1H3. The number of thioether (sulfide) groups is 1. The smallest absolute Gasteiger partial charge is 0.233 e. The molecule has 0 radical (unpaired) electrons. The summed E-state index contributed by atoms with van der Waals surface area (Å²) in [5, 5.41) is 21.5. The van der Waals surface area contributed by atoms with Gasteiger partial charge < -0.3 is 14.4 Å². The number of rotatable bonds is 3. The molecule has 1 aliphatic rings. The number of aliphatic hydroxyl groups is 1. The molecule has 7 nitrogen and oxygen atoms in total. The molecule has 1 saturated heterocycles. The fraction of sp³-hybridized carbons (Fsp3) is 0.455. The molecule has 0 amide bonds. The molecule has 3 rings (SSSR count). The van der Waals surface area contributed by atoms with Crippen LogP contribution in [0.5, 0.6) is 5.88 Å². The number of hydrogen-bond donors (Lipinski definition) is 1. The Labute approximate surface area is 113 Å². The van der Waals surface area contributed by atoms with Crippen LogP contribution in [0.25, 0.3) is 11.5 Å². The van der Waals surface area contributed by atoms with Crippen LogP contribution in [0, 0.1) is 0 Å². The SMILES string of the molecule is COc1ccc(-c2noc(C3CSCC3O)n2)nn1. The van der Waals surface area contributed by atoms with Gasteiger partial charge >= 0.3 is 0 Å². The molecule has 0 bridgehead atoms. The van der Waals surface area contributed by atoms with Gasteiger partial charge in [0.15, 0.2) is 0 Å². The third-order valence-corrected chi connectivity index (χ3v) is 4.06. The van der Waals surface area contributed by atoms with Gasteiger partial charge in [0.05, 0.1) is 19.1 Å². The first kappa shape index (κ1) is 12.4. The minimum Gasteiger partial charge on any atom is -0.480 e. The maximum atomic E-state index is 9.80. The van der Waals surface area contributed by atoms with Crippen LogP contribution in [0.3, 0.4) is 0 Å². The van der Waals surface area contributed by atoms with Crippen LogP contribution in [0.1, 0.15) is 11.8 Å². The highest BCUT2D eigenvalue weighted by molar-refractivity contribution is 7.99. The van der Waals surface area contributed by atoms with Gasteiger partial charge in [-0.25, -0.2) is 0 Å². The van der Waals surface area contributed by atoms with Crippen molar-refractivity contribution in [1.29, 1.82) is 0 Å². The molecule has 0 aromatic carbocycles. The Morgan fingerprint density at radius 1 is 1.37 bits per heavy atom. The third kappa shape index (κ3) is 2.41. The highest BCUT2D eigenvalue weighted by Gasteiger charge is 2.32. The van der Waals surface area contributed by atoms with Gasteiger partial charge in [0.25, 0.3) is 0 Å². The van der Waals surface area contributed by atoms with Crippen molar-refractivity contribution in [3.8, 4) is 17.4 Å². The molecule has 1 fully saturated rings. The summed E-state index contributed by atoms with van der Waals surface area (Å²) in [7, 11) is 1.52. The molecule has 3 heterocycles. The van der Waals surface area contributed by atoms with Crippen LogP contribution in [0.4, 0.5) is 0 Å². The normalized spacial score (nSPS) is 22.6. The number of aliphatic hydroxyl groups excluding tert-OH is 1. The van der Waals surface area contributed by atoms with Crippen molar-refractivity contribution in [3.05, 3.63) is 18.0 Å². The van der Waals surface area contributed by atoms with Gasteiger partial charge in [-0.05, 0) is 6.07 Å². The van der Waals surface area contributed by atoms with E-state index in [1.807, 2.05) is 0 Å². The molecular formula is C11H12N4O3S. The van der Waals surface area contributed by atoms with Crippen LogP contribution < -0.4 is 4.74 Å². The van der Waals surface area contributed by atoms with E-state index in [1.54, 1.807) is 23.9 Å². The van der Waals surface area contributed by atoms with Gasteiger partial charge in [0, 0.05) is 17.6 Å². The lowest BCUT2D eigenvalue weighted by Gasteiger charge is -2.06. The van der Waals surface area contributed by atoms with Crippen molar-refractivity contribution in [2.75, 3.05) is 18.6 Å². The zero-order valence-electron chi connectivity index (χ0n) is 10.2. The molecule has 2 aromatic rings. The van der Waals surface area contributed by atoms with E-state index >= 15 is 0 Å². The molecule has 100 valence electrons. The lowest BCUT2D eigenvalue weighted by atomic mass is 10.1. The van der Waals surface area contributed by atoms with Crippen LogP contribution in [0.15, 0.2) is 16.7 Å². The van der Waals surface area contributed by atoms with Gasteiger partial charge in [0.1, 0.15) is 5.69 Å². The van der Waals surface area contributed by atoms with Crippen molar-refractivity contribution in [2.24, 2.45) is 0 Å². The maximum Gasteiger partial charge on any atom is 0.233 e. The average Bonchev–Trinajstić information content (AvgIpc) is 3.07. The fourth-order valence-corrected chi connectivity index (χ4v) is 3.05. The predicted octanol–water partition coefficient (Wildman–Crippen LogP) is 0.726. The summed E-state index contributed by atoms with van der Waals surface area (Å²) in [5.74, 6) is 2.63. The largest absolute Gasteiger partial charge is 0.480 e. The summed E-state index contributed by atoms with van der Waals surface area (Å²) in [6, 6.07) is 3.39. The highest BCUT2D eigenvalue weighted by Crippen LogP contribution is 2.32. The topological polar surface area (TPSA) is 94.2 Å². The molecule has 1 N–H and O–H groups in total. The van der Waals surface area contributed by atoms with E-state index in [9.17, 15) is 5.11 Å². The molecule has 2 aromatic heterocycles. The second kappa shape index (κ2) is 5.14. The van der Waals surface area contributed by atoms with E-state index in [-0.39, 0.29) is 5.92 Å². The van der Waals surface area contributed by atoms with E-state index in [2.05, 4.69) is 20.3 Å². The number of hydrogen-bond acceptors (Lipinski definition) is 8. The van der Waals surface area contributed by atoms with Crippen LogP contribution in [0.2, 0.25) is 0 Å². The molecule has 0 saturated carbocycles. The van der Waals surface area contributed by atoms with Crippen LogP contribution in [-0.2, 0) is 0 Å². The minimum absolute atomic E-state index is 0.0996. The van der Waals surface area contributed by atoms with Crippen LogP contribution >= 0.6 is 11.8 Å². The minimum atomic E-state index is -0.430. The van der Waals surface area contributed by atoms with Crippen molar-refractivity contribution in [3.63, 3.8) is 0 Å². The van der Waals surface area contributed by atoms with Crippen LogP contribution in [-0.4, -0.2) is 50.2 Å². The predicted molar refractivity (Wildman–Crippen MR) is 67.9 cm³/mol. The summed E-state index contributed by atoms with van der Waals surface area (Å²) >= 11 is 1.67. The maximum absolute atomic E-state index is 9.80. The number of aromatic nitrogens is 4. The fourth-order valence-electron chi connectivity index (χ4n) is 1.82. The lowest BCUT2D eigenvalue weighted by molar-refractivity contribution is 0.164. The first-order chi connectivity index (χ1) is 9.28. The van der Waals surface area contributed by atoms with E-state index in [0.29, 0.717) is 29.0 Å². The molecule has 0 aliphatic carbocycles. The van der Waals surface area contributed by atoms with Gasteiger partial charge in [0.2, 0.25) is 17.6 Å². The Balaban J connectivity index is 1.83. The number of methoxy groups -OCH3 is 1. The van der Waals surface area contributed by atoms with E-state index in [1.165, 1.54) is 7.11 Å². The summed E-state index contributed by atoms with van der Waals surface area (Å²) in [4.78, 5) is 4.27. The van der Waals surface area contributed by atoms with E-state index < -0.39 is 6.10 Å². The number of ether oxygens (including phenoxy) is 1. The molecular weight excluding hydrogens is 268 g/mol. The second-order valence-corrected chi connectivity index (χ2v) is 5.20. The Kier molecular flexibility index (Phi) is 3.34. The third-order valence-electron chi connectivity index (χ3n) is 2.89. The molecule has 19 heavy (non-hydrogen) atoms. The molecule has 8 heteroatoms. The Morgan fingerprint density at radius 3 is 2.89 bits per heavy atom. The Bertz CT molecular complexity index is 559. The number of nitrogens with zero attached hydrogens (tertiary/aromatic N) is 4. The van der Waals surface area contributed by atoms with Gasteiger partial charge in [-0.3, -0.25) is 0 Å². The summed E-state index contributed by atoms with van der Waals surface area (Å²) in [5.41, 5.74) is 0.510. The Morgan fingerprint density at radius 2 is 2.26 bits per heavy atom. The summed E-state index contributed by atoms with van der Waals surface area (Å²) in [6.07, 6.45) is -0.430. The summed E-state index contributed by atoms with van der Waals surface area (Å²) in [6.45, 7) is 0. The van der Waals surface area contributed by atoms with Gasteiger partial charge in [-0.15, -0.1) is 10.2 Å². The van der Waals surface area contributed by atoms with Crippen molar-refractivity contribution in [1.82, 2.24) is 20.3 Å². The highest BCUT2D eigenvalue weighted by atomic mass is 32.2. The summed E-state index contributed by atoms with van der Waals surface area (Å²) < 4.78 is 10.1. The van der Waals surface area contributed by atoms with Crippen molar-refractivity contribution < 1.29 is 14.4 Å². The van der Waals surface area contributed by atoms with E-state index in [0.717, 1.165) is 5.75 Å². The van der Waals surface area contributed by atoms with Crippen molar-refractivity contribution >= 4 is 11.8 Å². The average molecular weight is 280 g/mol. The molecule has 0 spiro atoms. The first-order valence-corrected chi connectivity index (χ1v) is 6.91. The lowest BCUT2D eigenvalue weighted by Crippen LogP contribution is -2.15. The van der Waals surface area contributed by atoms with Gasteiger partial charge in [-0.2, -0.15) is 16.7 Å². The zero-order valence-corrected chi connectivity index (χ0v) is 11.0. The Hall–Kier alpha value is -1.67.